The van der Waals surface area contributed by atoms with E-state index in [0.717, 1.165) is 23.6 Å². The molecule has 0 spiro atoms. The topological polar surface area (TPSA) is 141 Å². The lowest BCUT2D eigenvalue weighted by Crippen LogP contribution is -2.29. The normalized spacial score (nSPS) is 16.3. The Hall–Kier alpha value is -4.06. The molecule has 1 atom stereocenters. The Balaban J connectivity index is 1.52. The summed E-state index contributed by atoms with van der Waals surface area (Å²) in [5.41, 5.74) is 2.28. The van der Waals surface area contributed by atoms with E-state index in [1.807, 2.05) is 42.5 Å². The van der Waals surface area contributed by atoms with Crippen molar-refractivity contribution >= 4 is 23.6 Å². The summed E-state index contributed by atoms with van der Waals surface area (Å²) in [5.74, 6) is 2.20. The number of hydrogen-bond acceptors (Lipinski definition) is 8. The maximum Gasteiger partial charge on any atom is 0.407 e. The van der Waals surface area contributed by atoms with Gasteiger partial charge in [-0.2, -0.15) is 0 Å². The molecule has 12 nitrogen and oxygen atoms in total. The molecule has 3 aromatic heterocycles. The fourth-order valence-electron chi connectivity index (χ4n) is 4.75. The van der Waals surface area contributed by atoms with E-state index >= 15 is 0 Å². The van der Waals surface area contributed by atoms with Crippen LogP contribution in [0.5, 0.6) is 0 Å². The highest BCUT2D eigenvalue weighted by atomic mass is 16.4. The van der Waals surface area contributed by atoms with E-state index in [0.29, 0.717) is 40.0 Å². The summed E-state index contributed by atoms with van der Waals surface area (Å²) in [6.07, 6.45) is 0.462. The molecule has 194 valence electrons. The Morgan fingerprint density at radius 1 is 1.22 bits per heavy atom. The number of nitrogens with zero attached hydrogens (tertiary/aromatic N) is 8. The van der Waals surface area contributed by atoms with Crippen LogP contribution in [0.3, 0.4) is 0 Å². The van der Waals surface area contributed by atoms with Crippen molar-refractivity contribution in [3.8, 4) is 11.5 Å². The van der Waals surface area contributed by atoms with Crippen molar-refractivity contribution in [1.82, 2.24) is 29.6 Å². The predicted molar refractivity (Wildman–Crippen MR) is 135 cm³/mol. The van der Waals surface area contributed by atoms with Crippen LogP contribution in [0.2, 0.25) is 0 Å². The van der Waals surface area contributed by atoms with Crippen molar-refractivity contribution in [3.63, 3.8) is 0 Å². The van der Waals surface area contributed by atoms with Gasteiger partial charge in [0.25, 0.3) is 5.91 Å². The number of carbonyl (C=O) groups excluding carboxylic acids is 1. The van der Waals surface area contributed by atoms with Gasteiger partial charge < -0.3 is 24.6 Å². The molecule has 2 aliphatic rings. The number of amides is 2. The van der Waals surface area contributed by atoms with Gasteiger partial charge in [0.15, 0.2) is 5.82 Å². The third-order valence-corrected chi connectivity index (χ3v) is 7.12. The first-order valence-corrected chi connectivity index (χ1v) is 12.2. The van der Waals surface area contributed by atoms with Crippen LogP contribution in [0.25, 0.3) is 11.5 Å². The Morgan fingerprint density at radius 2 is 2.00 bits per heavy atom. The van der Waals surface area contributed by atoms with Crippen LogP contribution in [0.15, 0.2) is 24.3 Å². The number of pyridine rings is 2. The number of rotatable bonds is 7. The molecule has 1 unspecified atom stereocenters. The standard InChI is InChI=1S/C25H30N8O4/c1-14(2)31(4)22-10-16-17(19(27-22)12-30(3)25(36)37)11-32(24(16)35)20-7-5-6-18(26-20)23-29-28-21-9-8-15(13-34)33(21)23/h5-7,10,14-15,34H,8-9,11-13H2,1-4H3,(H,36,37). The van der Waals surface area contributed by atoms with Gasteiger partial charge in [-0.3, -0.25) is 9.69 Å². The van der Waals surface area contributed by atoms with E-state index in [-0.39, 0.29) is 37.7 Å². The Labute approximate surface area is 214 Å². The molecule has 5 heterocycles. The molecule has 0 saturated carbocycles. The largest absolute Gasteiger partial charge is 0.465 e. The minimum Gasteiger partial charge on any atom is -0.465 e. The average molecular weight is 507 g/mol. The Morgan fingerprint density at radius 3 is 2.70 bits per heavy atom. The number of carboxylic acid groups (broad SMARTS) is 1. The smallest absolute Gasteiger partial charge is 0.407 e. The SMILES string of the molecule is CC(C)N(C)c1cc2c(c(CN(C)C(=O)O)n1)CN(c1cccc(-c3nnc4n3C(CO)CC4)n1)C2=O. The van der Waals surface area contributed by atoms with Gasteiger partial charge in [-0.1, -0.05) is 6.07 Å². The van der Waals surface area contributed by atoms with Crippen LogP contribution in [0, 0.1) is 0 Å². The average Bonchev–Trinajstić information content (AvgIpc) is 3.57. The summed E-state index contributed by atoms with van der Waals surface area (Å²) >= 11 is 0. The van der Waals surface area contributed by atoms with E-state index < -0.39 is 6.09 Å². The molecule has 5 rings (SSSR count). The van der Waals surface area contributed by atoms with Crippen LogP contribution in [-0.4, -0.2) is 78.6 Å². The first kappa shape index (κ1) is 24.6. The number of hydrogen-bond donors (Lipinski definition) is 2. The molecular formula is C25H30N8O4. The molecule has 2 N–H and O–H groups in total. The summed E-state index contributed by atoms with van der Waals surface area (Å²) in [5, 5.41) is 27.8. The van der Waals surface area contributed by atoms with Crippen molar-refractivity contribution < 1.29 is 19.8 Å². The summed E-state index contributed by atoms with van der Waals surface area (Å²) in [7, 11) is 3.37. The van der Waals surface area contributed by atoms with Gasteiger partial charge in [-0.05, 0) is 38.5 Å². The fraction of sp³-hybridized carbons (Fsp3) is 0.440. The van der Waals surface area contributed by atoms with Crippen LogP contribution in [0.1, 0.15) is 53.7 Å². The van der Waals surface area contributed by atoms with E-state index in [2.05, 4.69) is 10.2 Å². The van der Waals surface area contributed by atoms with Gasteiger partial charge in [0, 0.05) is 32.1 Å². The number of fused-ring (bicyclic) bond motifs is 2. The van der Waals surface area contributed by atoms with Crippen LogP contribution < -0.4 is 9.80 Å². The zero-order valence-electron chi connectivity index (χ0n) is 21.3. The lowest BCUT2D eigenvalue weighted by molar-refractivity contribution is 0.0996. The highest BCUT2D eigenvalue weighted by Gasteiger charge is 2.34. The third kappa shape index (κ3) is 4.26. The maximum absolute atomic E-state index is 13.6. The van der Waals surface area contributed by atoms with E-state index in [1.165, 1.54) is 7.05 Å². The first-order valence-electron chi connectivity index (χ1n) is 12.2. The molecule has 0 aromatic carbocycles. The summed E-state index contributed by atoms with van der Waals surface area (Å²) in [6.45, 7) is 4.31. The second-order valence-electron chi connectivity index (χ2n) is 9.75. The monoisotopic (exact) mass is 506 g/mol. The van der Waals surface area contributed by atoms with Crippen LogP contribution in [-0.2, 0) is 19.5 Å². The minimum absolute atomic E-state index is 0.00856. The number of carbonyl (C=O) groups is 2. The predicted octanol–water partition coefficient (Wildman–Crippen LogP) is 2.33. The van der Waals surface area contributed by atoms with E-state index in [4.69, 9.17) is 9.97 Å². The Bertz CT molecular complexity index is 1370. The van der Waals surface area contributed by atoms with Crippen molar-refractivity contribution in [2.45, 2.75) is 51.9 Å². The molecule has 0 fully saturated rings. The Kier molecular flexibility index (Phi) is 6.28. The molecule has 37 heavy (non-hydrogen) atoms. The minimum atomic E-state index is -1.07. The maximum atomic E-state index is 13.6. The summed E-state index contributed by atoms with van der Waals surface area (Å²) in [6, 6.07) is 7.19. The molecular weight excluding hydrogens is 476 g/mol. The zero-order valence-corrected chi connectivity index (χ0v) is 21.3. The molecule has 0 radical (unpaired) electrons. The number of aliphatic hydroxyl groups excluding tert-OH is 1. The third-order valence-electron chi connectivity index (χ3n) is 7.12. The van der Waals surface area contributed by atoms with Gasteiger partial charge in [0.1, 0.15) is 23.2 Å². The number of anilines is 2. The van der Waals surface area contributed by atoms with Gasteiger partial charge in [0.2, 0.25) is 0 Å². The second kappa shape index (κ2) is 9.43. The second-order valence-corrected chi connectivity index (χ2v) is 9.75. The van der Waals surface area contributed by atoms with E-state index in [1.54, 1.807) is 17.0 Å². The zero-order chi connectivity index (χ0) is 26.4. The molecule has 0 bridgehead atoms. The van der Waals surface area contributed by atoms with Crippen LogP contribution >= 0.6 is 0 Å². The summed E-state index contributed by atoms with van der Waals surface area (Å²) in [4.78, 5) is 39.3. The molecule has 12 heteroatoms. The summed E-state index contributed by atoms with van der Waals surface area (Å²) < 4.78 is 1.92. The van der Waals surface area contributed by atoms with Gasteiger partial charge in [0.05, 0.1) is 37.0 Å². The number of aromatic nitrogens is 5. The van der Waals surface area contributed by atoms with Crippen molar-refractivity contribution in [2.24, 2.45) is 0 Å². The van der Waals surface area contributed by atoms with Crippen LogP contribution in [0.4, 0.5) is 16.4 Å². The lowest BCUT2D eigenvalue weighted by Gasteiger charge is -2.24. The van der Waals surface area contributed by atoms with Gasteiger partial charge in [-0.15, -0.1) is 10.2 Å². The van der Waals surface area contributed by atoms with Crippen molar-refractivity contribution in [3.05, 3.63) is 46.9 Å². The molecule has 3 aromatic rings. The fourth-order valence-corrected chi connectivity index (χ4v) is 4.75. The van der Waals surface area contributed by atoms with Crippen molar-refractivity contribution in [1.29, 1.82) is 0 Å². The highest BCUT2D eigenvalue weighted by molar-refractivity contribution is 6.10. The highest BCUT2D eigenvalue weighted by Crippen LogP contribution is 2.34. The van der Waals surface area contributed by atoms with Gasteiger partial charge in [-0.25, -0.2) is 14.8 Å². The molecule has 2 amide bonds. The molecule has 2 aliphatic heterocycles. The molecule has 0 aliphatic carbocycles. The quantitative estimate of drug-likeness (QED) is 0.494. The molecule has 0 saturated heterocycles. The van der Waals surface area contributed by atoms with E-state index in [9.17, 15) is 19.8 Å². The van der Waals surface area contributed by atoms with Gasteiger partial charge >= 0.3 is 6.09 Å². The lowest BCUT2D eigenvalue weighted by atomic mass is 10.1. The van der Waals surface area contributed by atoms with Crippen molar-refractivity contribution in [2.75, 3.05) is 30.5 Å². The first-order chi connectivity index (χ1) is 17.7. The number of aliphatic hydroxyl groups is 1. The number of aryl methyl sites for hydroxylation is 1.